The third-order valence-electron chi connectivity index (χ3n) is 7.91. The topological polar surface area (TPSA) is 38.7 Å². The van der Waals surface area contributed by atoms with Crippen LogP contribution in [0.2, 0.25) is 5.02 Å². The van der Waals surface area contributed by atoms with Crippen LogP contribution in [0.25, 0.3) is 34.2 Å². The number of aromatic nitrogens is 3. The summed E-state index contributed by atoms with van der Waals surface area (Å²) in [5, 5.41) is 0.651. The van der Waals surface area contributed by atoms with Crippen molar-refractivity contribution in [3.8, 4) is 34.2 Å². The fraction of sp³-hybridized carbons (Fsp3) is 0. The molecule has 0 spiro atoms. The number of hydrogen-bond acceptors (Lipinski definition) is 3. The first-order valence-corrected chi connectivity index (χ1v) is 19.1. The number of benzene rings is 6. The predicted octanol–water partition coefficient (Wildman–Crippen LogP) is 6.90. The van der Waals surface area contributed by atoms with Crippen LogP contribution in [0.4, 0.5) is 0 Å². The summed E-state index contributed by atoms with van der Waals surface area (Å²) in [6.45, 7) is 0. The van der Waals surface area contributed by atoms with Gasteiger partial charge in [0.05, 0.1) is 0 Å². The van der Waals surface area contributed by atoms with E-state index in [0.29, 0.717) is 22.5 Å². The van der Waals surface area contributed by atoms with Crippen LogP contribution in [0, 0.1) is 0 Å². The second-order valence-corrected chi connectivity index (χ2v) is 19.0. The molecule has 0 N–H and O–H groups in total. The van der Waals surface area contributed by atoms with Gasteiger partial charge in [-0.05, 0) is 0 Å². The molecule has 0 aliphatic rings. The molecule has 0 saturated carbocycles. The van der Waals surface area contributed by atoms with Crippen LogP contribution in [-0.2, 0) is 0 Å². The Hall–Kier alpha value is -4.84. The van der Waals surface area contributed by atoms with Crippen LogP contribution in [0.1, 0.15) is 0 Å². The molecular weight excluding hydrogens is 619 g/mol. The number of hydrogen-bond donors (Lipinski definition) is 0. The molecule has 0 unspecified atom stereocenters. The van der Waals surface area contributed by atoms with Crippen molar-refractivity contribution >= 4 is 42.5 Å². The molecule has 0 bridgehead atoms. The van der Waals surface area contributed by atoms with Crippen molar-refractivity contribution in [2.45, 2.75) is 0 Å². The Morgan fingerprint density at radius 1 is 0.341 bits per heavy atom. The van der Waals surface area contributed by atoms with E-state index >= 15 is 0 Å². The van der Waals surface area contributed by atoms with E-state index in [0.717, 1.165) is 16.7 Å². The summed E-state index contributed by atoms with van der Waals surface area (Å²) in [5.74, 6) is 1.84. The van der Waals surface area contributed by atoms with Gasteiger partial charge in [0, 0.05) is 0 Å². The molecule has 44 heavy (non-hydrogen) atoms. The van der Waals surface area contributed by atoms with Crippen molar-refractivity contribution in [2.75, 3.05) is 0 Å². The van der Waals surface area contributed by atoms with E-state index in [1.54, 1.807) is 0 Å². The molecule has 210 valence electrons. The summed E-state index contributed by atoms with van der Waals surface area (Å²) in [7, 11) is 0. The van der Waals surface area contributed by atoms with Crippen LogP contribution in [-0.4, -0.2) is 28.2 Å². The Bertz CT molecular complexity index is 1850. The average molecular weight is 647 g/mol. The maximum atomic E-state index is 7.04. The van der Waals surface area contributed by atoms with Gasteiger partial charge >= 0.3 is 266 Å². The second kappa shape index (κ2) is 12.4. The van der Waals surface area contributed by atoms with E-state index in [4.69, 9.17) is 26.6 Å². The van der Waals surface area contributed by atoms with Crippen LogP contribution in [0.5, 0.6) is 0 Å². The maximum absolute atomic E-state index is 7.04. The van der Waals surface area contributed by atoms with Gasteiger partial charge in [-0.1, -0.05) is 0 Å². The van der Waals surface area contributed by atoms with Crippen molar-refractivity contribution in [2.24, 2.45) is 0 Å². The van der Waals surface area contributed by atoms with Crippen molar-refractivity contribution in [3.63, 3.8) is 0 Å². The molecule has 0 fully saturated rings. The van der Waals surface area contributed by atoms with E-state index in [9.17, 15) is 0 Å². The van der Waals surface area contributed by atoms with E-state index < -0.39 is 13.3 Å². The first kappa shape index (κ1) is 28.0. The molecule has 6 aromatic carbocycles. The molecule has 7 rings (SSSR count). The molecule has 0 atom stereocenters. The van der Waals surface area contributed by atoms with Crippen molar-refractivity contribution in [1.29, 1.82) is 0 Å². The van der Waals surface area contributed by atoms with Gasteiger partial charge in [-0.2, -0.15) is 0 Å². The third kappa shape index (κ3) is 5.37. The van der Waals surface area contributed by atoms with E-state index in [1.807, 2.05) is 66.7 Å². The molecule has 5 heteroatoms. The SMILES string of the molecule is Clc1cc(-c2nc(-c3ccccc3)nc(-c3ccccc3)n2)c[c]([Ge]([c]2ccccc2)([c]2ccccc2)[c]2ccccc2)c1. The summed E-state index contributed by atoms with van der Waals surface area (Å²) in [6, 6.07) is 59.1. The molecule has 0 amide bonds. The third-order valence-corrected chi connectivity index (χ3v) is 18.1. The number of rotatable bonds is 7. The Morgan fingerprint density at radius 2 is 0.682 bits per heavy atom. The van der Waals surface area contributed by atoms with Gasteiger partial charge in [0.2, 0.25) is 0 Å². The van der Waals surface area contributed by atoms with E-state index in [1.165, 1.54) is 17.6 Å². The Morgan fingerprint density at radius 3 is 1.07 bits per heavy atom. The Kier molecular flexibility index (Phi) is 7.89. The molecular formula is C39H28ClGeN3. The molecule has 1 heterocycles. The molecule has 7 aromatic rings. The van der Waals surface area contributed by atoms with Crippen LogP contribution < -0.4 is 17.6 Å². The molecule has 0 radical (unpaired) electrons. The molecule has 3 nitrogen and oxygen atoms in total. The van der Waals surface area contributed by atoms with Crippen LogP contribution >= 0.6 is 11.6 Å². The van der Waals surface area contributed by atoms with Gasteiger partial charge in [0.25, 0.3) is 0 Å². The summed E-state index contributed by atoms with van der Waals surface area (Å²) in [6.07, 6.45) is 0. The van der Waals surface area contributed by atoms with Gasteiger partial charge in [0.1, 0.15) is 0 Å². The minimum absolute atomic E-state index is 0.590. The monoisotopic (exact) mass is 647 g/mol. The average Bonchev–Trinajstić information content (AvgIpc) is 3.10. The van der Waals surface area contributed by atoms with Gasteiger partial charge in [-0.15, -0.1) is 0 Å². The number of nitrogens with zero attached hydrogens (tertiary/aromatic N) is 3. The fourth-order valence-electron chi connectivity index (χ4n) is 5.94. The van der Waals surface area contributed by atoms with Crippen molar-refractivity contribution in [1.82, 2.24) is 15.0 Å². The molecule has 1 aromatic heterocycles. The first-order valence-electron chi connectivity index (χ1n) is 14.6. The Labute approximate surface area is 265 Å². The van der Waals surface area contributed by atoms with Crippen molar-refractivity contribution < 1.29 is 0 Å². The summed E-state index contributed by atoms with van der Waals surface area (Å²) in [4.78, 5) is 14.9. The predicted molar refractivity (Wildman–Crippen MR) is 185 cm³/mol. The van der Waals surface area contributed by atoms with Crippen molar-refractivity contribution in [3.05, 3.63) is 175 Å². The second-order valence-electron chi connectivity index (χ2n) is 10.6. The summed E-state index contributed by atoms with van der Waals surface area (Å²) in [5.41, 5.74) is 2.72. The molecule has 0 saturated heterocycles. The van der Waals surface area contributed by atoms with E-state index in [-0.39, 0.29) is 0 Å². The molecule has 0 aliphatic carbocycles. The number of halogens is 1. The Balaban J connectivity index is 1.51. The fourth-order valence-corrected chi connectivity index (χ4v) is 16.5. The first-order chi connectivity index (χ1) is 21.7. The molecule has 0 aliphatic heterocycles. The van der Waals surface area contributed by atoms with Gasteiger partial charge < -0.3 is 0 Å². The van der Waals surface area contributed by atoms with Gasteiger partial charge in [-0.25, -0.2) is 0 Å². The zero-order valence-corrected chi connectivity index (χ0v) is 26.7. The van der Waals surface area contributed by atoms with Gasteiger partial charge in [-0.3, -0.25) is 0 Å². The zero-order chi connectivity index (χ0) is 29.8. The quantitative estimate of drug-likeness (QED) is 0.177. The van der Waals surface area contributed by atoms with Gasteiger partial charge in [0.15, 0.2) is 0 Å². The van der Waals surface area contributed by atoms with E-state index in [2.05, 4.69) is 103 Å². The minimum atomic E-state index is -3.56. The zero-order valence-electron chi connectivity index (χ0n) is 23.9. The summed E-state index contributed by atoms with van der Waals surface area (Å²) < 4.78 is 5.18. The van der Waals surface area contributed by atoms with Crippen LogP contribution in [0.3, 0.4) is 0 Å². The normalized spacial score (nSPS) is 11.3. The summed E-state index contributed by atoms with van der Waals surface area (Å²) >= 11 is 3.48. The van der Waals surface area contributed by atoms with Crippen LogP contribution in [0.15, 0.2) is 170 Å². The standard InChI is InChI=1S/C39H28ClGeN3/c40-32-26-31(39-43-37(29-16-6-1-7-17-29)42-38(44-39)30-18-8-2-9-19-30)27-36(28-32)41(33-20-10-3-11-21-33,34-22-12-4-13-23-34)35-24-14-5-15-25-35/h1-28H.